The first kappa shape index (κ1) is 18.1. The molecule has 0 spiro atoms. The van der Waals surface area contributed by atoms with E-state index in [2.05, 4.69) is 44.6 Å². The van der Waals surface area contributed by atoms with Gasteiger partial charge in [-0.1, -0.05) is 12.1 Å². The smallest absolute Gasteiger partial charge is 0.323 e. The molecule has 0 radical (unpaired) electrons. The first-order chi connectivity index (χ1) is 13.7. The molecule has 0 unspecified atom stereocenters. The Balaban J connectivity index is 1.32. The van der Waals surface area contributed by atoms with Gasteiger partial charge in [-0.2, -0.15) is 0 Å². The van der Waals surface area contributed by atoms with Crippen molar-refractivity contribution in [2.75, 3.05) is 48.8 Å². The second-order valence-corrected chi connectivity index (χ2v) is 7.08. The van der Waals surface area contributed by atoms with Crippen molar-refractivity contribution in [1.82, 2.24) is 9.88 Å². The molecule has 1 saturated heterocycles. The number of rotatable bonds is 4. The molecule has 1 aliphatic rings. The third kappa shape index (κ3) is 4.35. The average molecular weight is 375 g/mol. The lowest BCUT2D eigenvalue weighted by atomic mass is 10.1. The fraction of sp³-hybridized carbons (Fsp3) is 0.227. The molecular formula is C22H25N5O. The second kappa shape index (κ2) is 8.19. The van der Waals surface area contributed by atoms with E-state index in [-0.39, 0.29) is 6.03 Å². The number of H-pyrrole nitrogens is 1. The molecule has 0 atom stereocenters. The summed E-state index contributed by atoms with van der Waals surface area (Å²) < 4.78 is 0. The molecule has 0 saturated carbocycles. The number of hydrogen-bond acceptors (Lipinski definition) is 3. The van der Waals surface area contributed by atoms with Gasteiger partial charge in [0.05, 0.1) is 0 Å². The minimum Gasteiger partial charge on any atom is -0.369 e. The Hall–Kier alpha value is -3.25. The zero-order valence-electron chi connectivity index (χ0n) is 16.0. The minimum atomic E-state index is -0.250. The fourth-order valence-corrected chi connectivity index (χ4v) is 3.36. The van der Waals surface area contributed by atoms with Gasteiger partial charge in [-0.25, -0.2) is 4.79 Å². The summed E-state index contributed by atoms with van der Waals surface area (Å²) in [5, 5.41) is 5.76. The topological polar surface area (TPSA) is 63.4 Å². The normalized spacial score (nSPS) is 14.7. The van der Waals surface area contributed by atoms with Gasteiger partial charge in [0, 0.05) is 55.1 Å². The first-order valence-corrected chi connectivity index (χ1v) is 9.53. The molecule has 0 aliphatic carbocycles. The van der Waals surface area contributed by atoms with E-state index in [0.29, 0.717) is 0 Å². The Morgan fingerprint density at radius 2 is 1.46 bits per heavy atom. The summed E-state index contributed by atoms with van der Waals surface area (Å²) in [7, 11) is 2.15. The first-order valence-electron chi connectivity index (χ1n) is 9.53. The van der Waals surface area contributed by atoms with Gasteiger partial charge in [0.25, 0.3) is 0 Å². The minimum absolute atomic E-state index is 0.250. The average Bonchev–Trinajstić information content (AvgIpc) is 3.25. The van der Waals surface area contributed by atoms with Crippen molar-refractivity contribution in [2.45, 2.75) is 0 Å². The Bertz CT molecular complexity index is 895. The molecule has 2 aromatic carbocycles. The quantitative estimate of drug-likeness (QED) is 0.644. The van der Waals surface area contributed by atoms with E-state index < -0.39 is 0 Å². The maximum atomic E-state index is 12.3. The van der Waals surface area contributed by atoms with Crippen LogP contribution in [0.5, 0.6) is 0 Å². The molecule has 144 valence electrons. The molecule has 0 bridgehead atoms. The summed E-state index contributed by atoms with van der Waals surface area (Å²) in [6, 6.07) is 19.5. The monoisotopic (exact) mass is 375 g/mol. The number of aromatic nitrogens is 1. The third-order valence-corrected chi connectivity index (χ3v) is 5.05. The SMILES string of the molecule is CN1CCN(c2ccc(NC(=O)Nc3ccc(-c4ccc[nH]4)cc3)cc2)CC1. The van der Waals surface area contributed by atoms with Crippen molar-refractivity contribution >= 4 is 23.1 Å². The number of carbonyl (C=O) groups excluding carboxylic acids is 1. The highest BCUT2D eigenvalue weighted by molar-refractivity contribution is 5.99. The number of benzene rings is 2. The van der Waals surface area contributed by atoms with Crippen LogP contribution in [-0.4, -0.2) is 49.1 Å². The predicted molar refractivity (Wildman–Crippen MR) is 115 cm³/mol. The lowest BCUT2D eigenvalue weighted by Gasteiger charge is -2.34. The number of amides is 2. The molecule has 4 rings (SSSR count). The highest BCUT2D eigenvalue weighted by atomic mass is 16.2. The lowest BCUT2D eigenvalue weighted by molar-refractivity contribution is 0.262. The molecule has 3 aromatic rings. The highest BCUT2D eigenvalue weighted by Crippen LogP contribution is 2.21. The zero-order valence-corrected chi connectivity index (χ0v) is 16.0. The Morgan fingerprint density at radius 1 is 0.857 bits per heavy atom. The number of urea groups is 1. The standard InChI is InChI=1S/C22H25N5O/c1-26-13-15-27(16-14-26)20-10-8-19(9-11-20)25-22(28)24-18-6-4-17(5-7-18)21-3-2-12-23-21/h2-12,23H,13-16H2,1H3,(H2,24,25,28). The molecule has 3 N–H and O–H groups in total. The van der Waals surface area contributed by atoms with Crippen LogP contribution in [0, 0.1) is 0 Å². The number of nitrogens with one attached hydrogen (secondary N) is 3. The number of likely N-dealkylation sites (N-methyl/N-ethyl adjacent to an activating group) is 1. The van der Waals surface area contributed by atoms with Gasteiger partial charge in [-0.05, 0) is 61.1 Å². The largest absolute Gasteiger partial charge is 0.369 e. The summed E-state index contributed by atoms with van der Waals surface area (Å²) in [5.74, 6) is 0. The van der Waals surface area contributed by atoms with Gasteiger partial charge in [0.2, 0.25) is 0 Å². The van der Waals surface area contributed by atoms with E-state index in [4.69, 9.17) is 0 Å². The van der Waals surface area contributed by atoms with Crippen molar-refractivity contribution < 1.29 is 4.79 Å². The van der Waals surface area contributed by atoms with Crippen molar-refractivity contribution in [2.24, 2.45) is 0 Å². The summed E-state index contributed by atoms with van der Waals surface area (Å²) in [5.41, 5.74) is 4.85. The van der Waals surface area contributed by atoms with Crippen molar-refractivity contribution in [1.29, 1.82) is 0 Å². The Kier molecular flexibility index (Phi) is 5.30. The number of hydrogen-bond donors (Lipinski definition) is 3. The van der Waals surface area contributed by atoms with Gasteiger partial charge in [-0.15, -0.1) is 0 Å². The number of anilines is 3. The van der Waals surface area contributed by atoms with Gasteiger partial charge in [-0.3, -0.25) is 0 Å². The molecule has 1 aliphatic heterocycles. The van der Waals surface area contributed by atoms with Crippen LogP contribution in [0.4, 0.5) is 21.9 Å². The maximum Gasteiger partial charge on any atom is 0.323 e. The Labute approximate surface area is 165 Å². The van der Waals surface area contributed by atoms with Crippen LogP contribution < -0.4 is 15.5 Å². The van der Waals surface area contributed by atoms with Crippen LogP contribution in [0.1, 0.15) is 0 Å². The van der Waals surface area contributed by atoms with Crippen LogP contribution in [0.2, 0.25) is 0 Å². The number of piperazine rings is 1. The summed E-state index contributed by atoms with van der Waals surface area (Å²) in [6.07, 6.45) is 1.89. The number of carbonyl (C=O) groups is 1. The van der Waals surface area contributed by atoms with Gasteiger partial charge < -0.3 is 25.4 Å². The molecule has 28 heavy (non-hydrogen) atoms. The van der Waals surface area contributed by atoms with Crippen LogP contribution in [-0.2, 0) is 0 Å². The molecule has 6 heteroatoms. The number of aromatic amines is 1. The number of nitrogens with zero attached hydrogens (tertiary/aromatic N) is 2. The zero-order chi connectivity index (χ0) is 19.3. The highest BCUT2D eigenvalue weighted by Gasteiger charge is 2.14. The van der Waals surface area contributed by atoms with Crippen LogP contribution in [0.3, 0.4) is 0 Å². The summed E-state index contributed by atoms with van der Waals surface area (Å²) >= 11 is 0. The maximum absolute atomic E-state index is 12.3. The van der Waals surface area contributed by atoms with Crippen molar-refractivity contribution in [3.63, 3.8) is 0 Å². The van der Waals surface area contributed by atoms with E-state index >= 15 is 0 Å². The summed E-state index contributed by atoms with van der Waals surface area (Å²) in [4.78, 5) is 20.2. The fourth-order valence-electron chi connectivity index (χ4n) is 3.36. The molecule has 2 amide bonds. The summed E-state index contributed by atoms with van der Waals surface area (Å²) in [6.45, 7) is 4.21. The van der Waals surface area contributed by atoms with E-state index in [1.807, 2.05) is 54.7 Å². The van der Waals surface area contributed by atoms with Crippen LogP contribution in [0.15, 0.2) is 66.9 Å². The van der Waals surface area contributed by atoms with Gasteiger partial charge in [0.1, 0.15) is 0 Å². The molecule has 1 fully saturated rings. The van der Waals surface area contributed by atoms with Gasteiger partial charge in [0.15, 0.2) is 0 Å². The van der Waals surface area contributed by atoms with Crippen LogP contribution >= 0.6 is 0 Å². The predicted octanol–water partition coefficient (Wildman–Crippen LogP) is 4.08. The third-order valence-electron chi connectivity index (χ3n) is 5.05. The van der Waals surface area contributed by atoms with Crippen molar-refractivity contribution in [3.05, 3.63) is 66.9 Å². The van der Waals surface area contributed by atoms with E-state index in [0.717, 1.165) is 48.8 Å². The molecular weight excluding hydrogens is 350 g/mol. The Morgan fingerprint density at radius 3 is 2.04 bits per heavy atom. The van der Waals surface area contributed by atoms with E-state index in [1.165, 1.54) is 5.69 Å². The lowest BCUT2D eigenvalue weighted by Crippen LogP contribution is -2.44. The molecule has 2 heterocycles. The van der Waals surface area contributed by atoms with Crippen molar-refractivity contribution in [3.8, 4) is 11.3 Å². The molecule has 6 nitrogen and oxygen atoms in total. The van der Waals surface area contributed by atoms with Gasteiger partial charge >= 0.3 is 6.03 Å². The molecule has 1 aromatic heterocycles. The van der Waals surface area contributed by atoms with Crippen LogP contribution in [0.25, 0.3) is 11.3 Å². The second-order valence-electron chi connectivity index (χ2n) is 7.08. The van der Waals surface area contributed by atoms with E-state index in [9.17, 15) is 4.79 Å². The van der Waals surface area contributed by atoms with E-state index in [1.54, 1.807) is 0 Å².